The standard InChI is InChI=1S/C23H22F4N4O7S/c1-18(2,3)30-17-13-8-11(24)4-6-15(13)31(39(38)12-5-7-16(28-9-12)20(25,26)27)19(32,14(17)10-29-30)21(33)22(34,35)23(21,36)37/h4-10,32-37H,1-3H3. The Morgan fingerprint density at radius 2 is 1.54 bits per heavy atom. The molecule has 2 aromatic heterocycles. The van der Waals surface area contributed by atoms with Gasteiger partial charge in [0.05, 0.1) is 33.6 Å². The van der Waals surface area contributed by atoms with Crippen LogP contribution in [-0.4, -0.2) is 66.8 Å². The fraction of sp³-hybridized carbons (Fsp3) is 0.391. The van der Waals surface area contributed by atoms with Crippen molar-refractivity contribution in [2.45, 2.75) is 60.3 Å². The van der Waals surface area contributed by atoms with Gasteiger partial charge in [0.15, 0.2) is 11.0 Å². The van der Waals surface area contributed by atoms with Crippen LogP contribution in [0.5, 0.6) is 0 Å². The third-order valence-corrected chi connectivity index (χ3v) is 8.28. The summed E-state index contributed by atoms with van der Waals surface area (Å²) < 4.78 is 69.3. The van der Waals surface area contributed by atoms with Gasteiger partial charge in [-0.05, 0) is 51.1 Å². The number of pyridine rings is 1. The first-order valence-corrected chi connectivity index (χ1v) is 12.3. The van der Waals surface area contributed by atoms with E-state index >= 15 is 0 Å². The fourth-order valence-corrected chi connectivity index (χ4v) is 6.15. The second-order valence-corrected chi connectivity index (χ2v) is 11.6. The van der Waals surface area contributed by atoms with Crippen molar-refractivity contribution in [1.82, 2.24) is 14.8 Å². The van der Waals surface area contributed by atoms with Gasteiger partial charge in [-0.3, -0.25) is 9.67 Å². The molecule has 3 heterocycles. The number of anilines is 1. The molecule has 2 unspecified atom stereocenters. The van der Waals surface area contributed by atoms with Gasteiger partial charge >= 0.3 is 6.18 Å². The number of hydrogen-bond acceptors (Lipinski definition) is 9. The van der Waals surface area contributed by atoms with E-state index < -0.39 is 67.6 Å². The number of aliphatic hydroxyl groups is 6. The average molecular weight is 575 g/mol. The van der Waals surface area contributed by atoms with E-state index in [1.165, 1.54) is 4.68 Å². The number of nitrogens with zero attached hydrogens (tertiary/aromatic N) is 4. The number of fused-ring (bicyclic) bond motifs is 3. The minimum atomic E-state index is -4.84. The first-order chi connectivity index (χ1) is 17.7. The maximum atomic E-state index is 14.5. The molecule has 1 fully saturated rings. The van der Waals surface area contributed by atoms with Crippen molar-refractivity contribution >= 4 is 16.7 Å². The van der Waals surface area contributed by atoms with Crippen LogP contribution in [0, 0.1) is 5.82 Å². The van der Waals surface area contributed by atoms with E-state index in [-0.39, 0.29) is 16.9 Å². The van der Waals surface area contributed by atoms with E-state index in [1.807, 2.05) is 0 Å². The lowest BCUT2D eigenvalue weighted by atomic mass is 9.86. The topological polar surface area (TPSA) is 172 Å². The SMILES string of the molecule is CC(C)(C)n1ncc2c1-c1cc(F)ccc1N(S(=O)c1ccc(C(F)(F)F)nc1)C2(O)C1(O)C(O)(O)C1(O)O. The summed E-state index contributed by atoms with van der Waals surface area (Å²) in [5.41, 5.74) is -10.3. The van der Waals surface area contributed by atoms with Gasteiger partial charge in [0.2, 0.25) is 11.3 Å². The average Bonchev–Trinajstić information content (AvgIpc) is 3.17. The highest BCUT2D eigenvalue weighted by atomic mass is 32.2. The second-order valence-electron chi connectivity index (χ2n) is 10.3. The zero-order chi connectivity index (χ0) is 29.1. The van der Waals surface area contributed by atoms with Crippen LogP contribution in [0.15, 0.2) is 47.6 Å². The van der Waals surface area contributed by atoms with Crippen LogP contribution in [0.4, 0.5) is 23.2 Å². The number of hydrogen-bond donors (Lipinski definition) is 6. The minimum absolute atomic E-state index is 0.0671. The van der Waals surface area contributed by atoms with Crippen molar-refractivity contribution in [3.8, 4) is 11.3 Å². The minimum Gasteiger partial charge on any atom is -0.375 e. The number of rotatable bonds is 3. The third-order valence-electron chi connectivity index (χ3n) is 6.84. The molecule has 2 aliphatic rings. The second kappa shape index (κ2) is 7.81. The van der Waals surface area contributed by atoms with Gasteiger partial charge in [0, 0.05) is 11.8 Å². The highest BCUT2D eigenvalue weighted by molar-refractivity contribution is 7.86. The molecule has 1 aliphatic carbocycles. The van der Waals surface area contributed by atoms with E-state index in [0.29, 0.717) is 16.6 Å². The van der Waals surface area contributed by atoms with Crippen molar-refractivity contribution in [2.75, 3.05) is 4.31 Å². The molecule has 5 rings (SSSR count). The van der Waals surface area contributed by atoms with E-state index in [4.69, 9.17) is 0 Å². The number of alkyl halides is 3. The maximum absolute atomic E-state index is 14.5. The Morgan fingerprint density at radius 3 is 2.03 bits per heavy atom. The number of aromatic nitrogens is 3. The molecule has 1 aromatic carbocycles. The van der Waals surface area contributed by atoms with Crippen LogP contribution in [-0.2, 0) is 28.4 Å². The number of benzene rings is 1. The summed E-state index contributed by atoms with van der Waals surface area (Å²) in [5.74, 6) is -8.42. The Kier molecular flexibility index (Phi) is 5.52. The van der Waals surface area contributed by atoms with E-state index in [1.54, 1.807) is 20.8 Å². The highest BCUT2D eigenvalue weighted by Gasteiger charge is 2.98. The molecule has 0 spiro atoms. The van der Waals surface area contributed by atoms with E-state index in [0.717, 1.165) is 30.5 Å². The summed E-state index contributed by atoms with van der Waals surface area (Å²) in [7, 11) is -2.84. The molecule has 0 radical (unpaired) electrons. The monoisotopic (exact) mass is 574 g/mol. The molecular weight excluding hydrogens is 552 g/mol. The molecule has 2 atom stereocenters. The summed E-state index contributed by atoms with van der Waals surface area (Å²) in [6.45, 7) is 5.02. The first kappa shape index (κ1) is 27.6. The van der Waals surface area contributed by atoms with E-state index in [2.05, 4.69) is 10.1 Å². The van der Waals surface area contributed by atoms with Gasteiger partial charge in [0.25, 0.3) is 11.6 Å². The molecule has 3 aromatic rings. The highest BCUT2D eigenvalue weighted by Crippen LogP contribution is 2.67. The van der Waals surface area contributed by atoms with Crippen molar-refractivity contribution < 1.29 is 52.4 Å². The van der Waals surface area contributed by atoms with Crippen LogP contribution in [0.3, 0.4) is 0 Å². The molecular formula is C23H22F4N4O7S. The molecule has 39 heavy (non-hydrogen) atoms. The van der Waals surface area contributed by atoms with Gasteiger partial charge in [0.1, 0.15) is 11.5 Å². The summed E-state index contributed by atoms with van der Waals surface area (Å²) in [5, 5.41) is 69.1. The van der Waals surface area contributed by atoms with Gasteiger partial charge < -0.3 is 30.6 Å². The third kappa shape index (κ3) is 3.33. The molecule has 6 N–H and O–H groups in total. The summed E-state index contributed by atoms with van der Waals surface area (Å²) in [4.78, 5) is 2.76. The molecule has 0 bridgehead atoms. The summed E-state index contributed by atoms with van der Waals surface area (Å²) in [6, 6.07) is 4.12. The van der Waals surface area contributed by atoms with Gasteiger partial charge in [-0.1, -0.05) is 0 Å². The largest absolute Gasteiger partial charge is 0.433 e. The Balaban J connectivity index is 1.83. The van der Waals surface area contributed by atoms with Crippen LogP contribution < -0.4 is 4.31 Å². The Morgan fingerprint density at radius 1 is 0.923 bits per heavy atom. The summed E-state index contributed by atoms with van der Waals surface area (Å²) in [6.07, 6.45) is -3.34. The molecule has 0 saturated heterocycles. The Bertz CT molecular complexity index is 1500. The predicted molar refractivity (Wildman–Crippen MR) is 124 cm³/mol. The fourth-order valence-electron chi connectivity index (χ4n) is 4.81. The maximum Gasteiger partial charge on any atom is 0.433 e. The first-order valence-electron chi connectivity index (χ1n) is 11.2. The molecule has 11 nitrogen and oxygen atoms in total. The lowest BCUT2D eigenvalue weighted by Crippen LogP contribution is -2.62. The van der Waals surface area contributed by atoms with Gasteiger partial charge in [-0.15, -0.1) is 0 Å². The van der Waals surface area contributed by atoms with Crippen LogP contribution in [0.25, 0.3) is 11.3 Å². The van der Waals surface area contributed by atoms with Crippen molar-refractivity contribution in [1.29, 1.82) is 0 Å². The van der Waals surface area contributed by atoms with Crippen molar-refractivity contribution in [3.63, 3.8) is 0 Å². The van der Waals surface area contributed by atoms with Gasteiger partial charge in [-0.2, -0.15) is 18.3 Å². The quantitative estimate of drug-likeness (QED) is 0.194. The van der Waals surface area contributed by atoms with Gasteiger partial charge in [-0.25, -0.2) is 12.9 Å². The van der Waals surface area contributed by atoms with Crippen LogP contribution in [0.1, 0.15) is 32.0 Å². The molecule has 16 heteroatoms. The van der Waals surface area contributed by atoms with Crippen molar-refractivity contribution in [2.24, 2.45) is 0 Å². The zero-order valence-corrected chi connectivity index (χ0v) is 21.2. The van der Waals surface area contributed by atoms with Crippen LogP contribution >= 0.6 is 0 Å². The summed E-state index contributed by atoms with van der Waals surface area (Å²) >= 11 is 0. The van der Waals surface area contributed by atoms with Crippen molar-refractivity contribution in [3.05, 3.63) is 59.8 Å². The predicted octanol–water partition coefficient (Wildman–Crippen LogP) is 0.652. The molecule has 1 saturated carbocycles. The zero-order valence-electron chi connectivity index (χ0n) is 20.3. The van der Waals surface area contributed by atoms with Crippen LogP contribution in [0.2, 0.25) is 0 Å². The lowest BCUT2D eigenvalue weighted by molar-refractivity contribution is -0.207. The Labute approximate surface area is 219 Å². The van der Waals surface area contributed by atoms with E-state index in [9.17, 15) is 52.4 Å². The number of halogens is 4. The lowest BCUT2D eigenvalue weighted by Gasteiger charge is -2.47. The molecule has 1 aliphatic heterocycles. The normalized spacial score (nSPS) is 23.7. The molecule has 0 amide bonds. The Hall–Kier alpha value is -2.99. The molecule has 210 valence electrons. The smallest absolute Gasteiger partial charge is 0.375 e.